The minimum absolute atomic E-state index is 0.467. The van der Waals surface area contributed by atoms with Crippen molar-refractivity contribution in [1.29, 1.82) is 0 Å². The summed E-state index contributed by atoms with van der Waals surface area (Å²) in [6.45, 7) is 4.03. The quantitative estimate of drug-likeness (QED) is 0.500. The van der Waals surface area contributed by atoms with Gasteiger partial charge in [-0.05, 0) is 54.9 Å². The second kappa shape index (κ2) is 8.10. The van der Waals surface area contributed by atoms with E-state index in [0.29, 0.717) is 5.11 Å². The minimum Gasteiger partial charge on any atom is -0.331 e. The minimum atomic E-state index is 0.467. The second-order valence-corrected chi connectivity index (χ2v) is 5.40. The zero-order valence-electron chi connectivity index (χ0n) is 12.7. The van der Waals surface area contributed by atoms with Crippen LogP contribution >= 0.6 is 12.2 Å². The SMILES string of the molecule is CC(/C=N\NC(=S)Nc1cccc(C)c1)=C/c1ccccc1. The first-order chi connectivity index (χ1) is 10.6. The third kappa shape index (κ3) is 5.50. The maximum Gasteiger partial charge on any atom is 0.191 e. The number of rotatable bonds is 4. The molecule has 22 heavy (non-hydrogen) atoms. The molecule has 112 valence electrons. The molecular formula is C18H19N3S. The average molecular weight is 309 g/mol. The van der Waals surface area contributed by atoms with Gasteiger partial charge in [-0.3, -0.25) is 5.43 Å². The molecule has 0 saturated heterocycles. The van der Waals surface area contributed by atoms with Crippen LogP contribution in [0.15, 0.2) is 65.3 Å². The van der Waals surface area contributed by atoms with Crippen molar-refractivity contribution in [3.8, 4) is 0 Å². The summed E-state index contributed by atoms with van der Waals surface area (Å²) < 4.78 is 0. The number of nitrogens with zero attached hydrogens (tertiary/aromatic N) is 1. The number of hydrogen-bond acceptors (Lipinski definition) is 2. The Hall–Kier alpha value is -2.46. The van der Waals surface area contributed by atoms with E-state index in [1.165, 1.54) is 5.56 Å². The maximum atomic E-state index is 5.21. The number of thiocarbonyl (C=S) groups is 1. The van der Waals surface area contributed by atoms with Crippen LogP contribution in [0.5, 0.6) is 0 Å². The van der Waals surface area contributed by atoms with E-state index in [1.807, 2.05) is 56.3 Å². The highest BCUT2D eigenvalue weighted by Gasteiger charge is 1.95. The van der Waals surface area contributed by atoms with Crippen molar-refractivity contribution in [3.05, 3.63) is 71.3 Å². The molecule has 0 bridgehead atoms. The topological polar surface area (TPSA) is 36.4 Å². The van der Waals surface area contributed by atoms with Gasteiger partial charge in [0.05, 0.1) is 6.21 Å². The molecule has 2 aromatic rings. The van der Waals surface area contributed by atoms with Gasteiger partial charge in [-0.2, -0.15) is 5.10 Å². The first-order valence-corrected chi connectivity index (χ1v) is 7.44. The third-order valence-corrected chi connectivity index (χ3v) is 3.10. The van der Waals surface area contributed by atoms with E-state index in [-0.39, 0.29) is 0 Å². The Morgan fingerprint density at radius 1 is 1.09 bits per heavy atom. The molecule has 0 aliphatic heterocycles. The van der Waals surface area contributed by atoms with Crippen molar-refractivity contribution in [1.82, 2.24) is 5.43 Å². The fourth-order valence-corrected chi connectivity index (χ4v) is 2.09. The number of benzene rings is 2. The van der Waals surface area contributed by atoms with Crippen LogP contribution < -0.4 is 10.7 Å². The number of hydrazone groups is 1. The van der Waals surface area contributed by atoms with Gasteiger partial charge < -0.3 is 5.32 Å². The number of aryl methyl sites for hydroxylation is 1. The highest BCUT2D eigenvalue weighted by molar-refractivity contribution is 7.80. The Labute approximate surface area is 136 Å². The summed E-state index contributed by atoms with van der Waals surface area (Å²) in [5.41, 5.74) is 7.13. The second-order valence-electron chi connectivity index (χ2n) is 4.99. The first-order valence-electron chi connectivity index (χ1n) is 7.03. The highest BCUT2D eigenvalue weighted by Crippen LogP contribution is 2.09. The Kier molecular flexibility index (Phi) is 5.86. The van der Waals surface area contributed by atoms with Crippen molar-refractivity contribution >= 4 is 35.3 Å². The number of anilines is 1. The molecule has 0 spiro atoms. The average Bonchev–Trinajstić information content (AvgIpc) is 2.48. The van der Waals surface area contributed by atoms with Crippen molar-refractivity contribution in [3.63, 3.8) is 0 Å². The van der Waals surface area contributed by atoms with Gasteiger partial charge >= 0.3 is 0 Å². The summed E-state index contributed by atoms with van der Waals surface area (Å²) in [5.74, 6) is 0. The molecule has 3 nitrogen and oxygen atoms in total. The van der Waals surface area contributed by atoms with Crippen molar-refractivity contribution in [2.24, 2.45) is 5.10 Å². The Balaban J connectivity index is 1.86. The number of allylic oxidation sites excluding steroid dienone is 1. The van der Waals surface area contributed by atoms with Crippen molar-refractivity contribution in [2.75, 3.05) is 5.32 Å². The van der Waals surface area contributed by atoms with Crippen LogP contribution in [0, 0.1) is 6.92 Å². The van der Waals surface area contributed by atoms with Crippen molar-refractivity contribution < 1.29 is 0 Å². The van der Waals surface area contributed by atoms with Crippen LogP contribution in [-0.4, -0.2) is 11.3 Å². The summed E-state index contributed by atoms with van der Waals surface area (Å²) in [4.78, 5) is 0. The van der Waals surface area contributed by atoms with Crippen LogP contribution in [0.25, 0.3) is 6.08 Å². The lowest BCUT2D eigenvalue weighted by Crippen LogP contribution is -2.23. The van der Waals surface area contributed by atoms with Crippen LogP contribution in [0.3, 0.4) is 0 Å². The Morgan fingerprint density at radius 2 is 1.86 bits per heavy atom. The number of hydrogen-bond donors (Lipinski definition) is 2. The molecule has 0 aromatic heterocycles. The molecule has 0 fully saturated rings. The van der Waals surface area contributed by atoms with E-state index >= 15 is 0 Å². The lowest BCUT2D eigenvalue weighted by atomic mass is 10.1. The molecule has 0 radical (unpaired) electrons. The molecule has 0 aliphatic carbocycles. The molecule has 0 saturated carbocycles. The fourth-order valence-electron chi connectivity index (χ4n) is 1.92. The summed E-state index contributed by atoms with van der Waals surface area (Å²) >= 11 is 5.21. The van der Waals surface area contributed by atoms with E-state index in [1.54, 1.807) is 6.21 Å². The zero-order valence-corrected chi connectivity index (χ0v) is 13.5. The summed E-state index contributed by atoms with van der Waals surface area (Å²) in [7, 11) is 0. The van der Waals surface area contributed by atoms with E-state index in [4.69, 9.17) is 12.2 Å². The van der Waals surface area contributed by atoms with Gasteiger partial charge in [0.15, 0.2) is 5.11 Å². The third-order valence-electron chi connectivity index (χ3n) is 2.90. The largest absolute Gasteiger partial charge is 0.331 e. The fraction of sp³-hybridized carbons (Fsp3) is 0.111. The van der Waals surface area contributed by atoms with Crippen LogP contribution in [0.4, 0.5) is 5.69 Å². The molecule has 2 N–H and O–H groups in total. The van der Waals surface area contributed by atoms with E-state index in [2.05, 4.69) is 34.1 Å². The zero-order chi connectivity index (χ0) is 15.8. The van der Waals surface area contributed by atoms with E-state index in [9.17, 15) is 0 Å². The van der Waals surface area contributed by atoms with Gasteiger partial charge in [0.25, 0.3) is 0 Å². The summed E-state index contributed by atoms with van der Waals surface area (Å²) in [6.07, 6.45) is 3.80. The van der Waals surface area contributed by atoms with Gasteiger partial charge in [-0.15, -0.1) is 0 Å². The van der Waals surface area contributed by atoms with Crippen molar-refractivity contribution in [2.45, 2.75) is 13.8 Å². The van der Waals surface area contributed by atoms with Gasteiger partial charge in [-0.1, -0.05) is 48.5 Å². The molecule has 0 aliphatic rings. The first kappa shape index (κ1) is 15.9. The molecule has 0 heterocycles. The lowest BCUT2D eigenvalue weighted by molar-refractivity contribution is 1.05. The van der Waals surface area contributed by atoms with Gasteiger partial charge in [0.2, 0.25) is 0 Å². The van der Waals surface area contributed by atoms with Gasteiger partial charge in [0.1, 0.15) is 0 Å². The molecule has 4 heteroatoms. The van der Waals surface area contributed by atoms with Crippen LogP contribution in [-0.2, 0) is 0 Å². The lowest BCUT2D eigenvalue weighted by Gasteiger charge is -2.07. The predicted molar refractivity (Wildman–Crippen MR) is 99.1 cm³/mol. The van der Waals surface area contributed by atoms with E-state index in [0.717, 1.165) is 16.8 Å². The standard InChI is InChI=1S/C18H19N3S/c1-14-7-6-10-17(12-14)20-18(22)21-19-13-15(2)11-16-8-4-3-5-9-16/h3-13H,1-2H3,(H2,20,21,22)/b15-11-,19-13-. The monoisotopic (exact) mass is 309 g/mol. The smallest absolute Gasteiger partial charge is 0.191 e. The molecule has 2 rings (SSSR count). The number of nitrogens with one attached hydrogen (secondary N) is 2. The van der Waals surface area contributed by atoms with Gasteiger partial charge in [0, 0.05) is 5.69 Å². The molecule has 0 unspecified atom stereocenters. The van der Waals surface area contributed by atoms with Crippen LogP contribution in [0.1, 0.15) is 18.1 Å². The van der Waals surface area contributed by atoms with E-state index < -0.39 is 0 Å². The normalized spacial score (nSPS) is 11.5. The van der Waals surface area contributed by atoms with Gasteiger partial charge in [-0.25, -0.2) is 0 Å². The van der Waals surface area contributed by atoms with Crippen LogP contribution in [0.2, 0.25) is 0 Å². The molecular weight excluding hydrogens is 290 g/mol. The molecule has 0 amide bonds. The summed E-state index contributed by atoms with van der Waals surface area (Å²) in [6, 6.07) is 18.1. The Bertz CT molecular complexity index is 690. The maximum absolute atomic E-state index is 5.21. The Morgan fingerprint density at radius 3 is 2.59 bits per heavy atom. The predicted octanol–water partition coefficient (Wildman–Crippen LogP) is 4.37. The highest BCUT2D eigenvalue weighted by atomic mass is 32.1. The molecule has 0 atom stereocenters. The molecule has 2 aromatic carbocycles. The summed E-state index contributed by atoms with van der Waals surface area (Å²) in [5, 5.41) is 7.70.